The van der Waals surface area contributed by atoms with Gasteiger partial charge in [-0.3, -0.25) is 5.32 Å². The largest absolute Gasteiger partial charge is 0.300 e. The highest BCUT2D eigenvalue weighted by molar-refractivity contribution is 7.22. The van der Waals surface area contributed by atoms with Gasteiger partial charge in [-0.25, -0.2) is 15.0 Å². The Hall–Kier alpha value is -3.53. The predicted octanol–water partition coefficient (Wildman–Crippen LogP) is 2.64. The number of rotatable bonds is 3. The zero-order chi connectivity index (χ0) is 17.5. The van der Waals surface area contributed by atoms with Gasteiger partial charge in [0.25, 0.3) is 5.78 Å². The third kappa shape index (κ3) is 2.43. The number of hydrogen-bond acceptors (Lipinski definition) is 9. The van der Waals surface area contributed by atoms with E-state index >= 15 is 0 Å². The van der Waals surface area contributed by atoms with Crippen molar-refractivity contribution in [2.45, 2.75) is 6.92 Å². The fourth-order valence-corrected chi connectivity index (χ4v) is 3.48. The molecule has 0 aliphatic carbocycles. The first kappa shape index (κ1) is 14.8. The molecule has 5 aromatic rings. The summed E-state index contributed by atoms with van der Waals surface area (Å²) in [6.07, 6.45) is 3.12. The summed E-state index contributed by atoms with van der Waals surface area (Å²) in [5, 5.41) is 16.3. The van der Waals surface area contributed by atoms with Crippen molar-refractivity contribution in [1.82, 2.24) is 39.7 Å². The van der Waals surface area contributed by atoms with Crippen molar-refractivity contribution in [3.8, 4) is 11.4 Å². The van der Waals surface area contributed by atoms with Crippen LogP contribution in [0.5, 0.6) is 0 Å². The highest BCUT2D eigenvalue weighted by Gasteiger charge is 2.13. The van der Waals surface area contributed by atoms with E-state index in [1.807, 2.05) is 31.2 Å². The molecule has 0 saturated heterocycles. The molecule has 26 heavy (non-hydrogen) atoms. The van der Waals surface area contributed by atoms with Crippen molar-refractivity contribution in [1.29, 1.82) is 0 Å². The lowest BCUT2D eigenvalue weighted by molar-refractivity contribution is 0.850. The number of para-hydroxylation sites is 1. The van der Waals surface area contributed by atoms with E-state index in [1.165, 1.54) is 6.33 Å². The Morgan fingerprint density at radius 2 is 1.96 bits per heavy atom. The van der Waals surface area contributed by atoms with Gasteiger partial charge in [0.05, 0.1) is 21.6 Å². The number of aromatic nitrogens is 8. The van der Waals surface area contributed by atoms with Crippen LogP contribution in [-0.4, -0.2) is 39.7 Å². The van der Waals surface area contributed by atoms with Gasteiger partial charge in [-0.1, -0.05) is 23.5 Å². The van der Waals surface area contributed by atoms with Gasteiger partial charge in [0.15, 0.2) is 5.13 Å². The molecule has 0 fully saturated rings. The number of nitrogens with one attached hydrogen (secondary N) is 1. The molecule has 9 nitrogen and oxygen atoms in total. The van der Waals surface area contributed by atoms with Crippen LogP contribution in [0.25, 0.3) is 27.4 Å². The quantitative estimate of drug-likeness (QED) is 0.523. The van der Waals surface area contributed by atoms with E-state index in [-0.39, 0.29) is 0 Å². The lowest BCUT2D eigenvalue weighted by Gasteiger charge is -2.06. The monoisotopic (exact) mass is 361 g/mol. The first-order chi connectivity index (χ1) is 12.8. The van der Waals surface area contributed by atoms with Crippen molar-refractivity contribution >= 4 is 38.4 Å². The molecular formula is C16H11N9S. The second-order valence-electron chi connectivity index (χ2n) is 5.48. The Labute approximate surface area is 150 Å². The highest BCUT2D eigenvalue weighted by Crippen LogP contribution is 2.27. The van der Waals surface area contributed by atoms with Crippen molar-refractivity contribution < 1.29 is 0 Å². The molecule has 0 unspecified atom stereocenters. The molecular weight excluding hydrogens is 350 g/mol. The standard InChI is InChI=1S/C16H11N9S/c1-9-13(23-24-15-18-8-19-25(9)15)11-6-7-17-14(20-11)22-16-21-10-4-2-3-5-12(10)26-16/h2-8H,1H3,(H,17,20,21,22). The number of aryl methyl sites for hydroxylation is 1. The highest BCUT2D eigenvalue weighted by atomic mass is 32.1. The van der Waals surface area contributed by atoms with E-state index in [1.54, 1.807) is 28.1 Å². The van der Waals surface area contributed by atoms with Crippen LogP contribution in [0, 0.1) is 6.92 Å². The molecule has 0 amide bonds. The first-order valence-electron chi connectivity index (χ1n) is 7.77. The average molecular weight is 361 g/mol. The van der Waals surface area contributed by atoms with Crippen LogP contribution in [0.15, 0.2) is 42.9 Å². The summed E-state index contributed by atoms with van der Waals surface area (Å²) in [5.74, 6) is 0.898. The Kier molecular flexibility index (Phi) is 3.28. The van der Waals surface area contributed by atoms with Gasteiger partial charge in [0.1, 0.15) is 12.0 Å². The van der Waals surface area contributed by atoms with Crippen molar-refractivity contribution in [3.63, 3.8) is 0 Å². The summed E-state index contributed by atoms with van der Waals surface area (Å²) in [5.41, 5.74) is 3.01. The van der Waals surface area contributed by atoms with E-state index in [9.17, 15) is 0 Å². The number of anilines is 2. The molecule has 1 N–H and O–H groups in total. The topological polar surface area (TPSA) is 107 Å². The van der Waals surface area contributed by atoms with Gasteiger partial charge in [-0.15, -0.1) is 10.2 Å². The van der Waals surface area contributed by atoms with Gasteiger partial charge in [0.2, 0.25) is 5.95 Å². The molecule has 0 spiro atoms. The molecule has 0 saturated carbocycles. The van der Waals surface area contributed by atoms with Crippen LogP contribution in [0.1, 0.15) is 5.69 Å². The number of thiazole rings is 1. The zero-order valence-corrected chi connectivity index (χ0v) is 14.3. The minimum Gasteiger partial charge on any atom is -0.300 e. The second kappa shape index (κ2) is 5.77. The Morgan fingerprint density at radius 3 is 2.88 bits per heavy atom. The SMILES string of the molecule is Cc1c(-c2ccnc(Nc3nc4ccccc4s3)n2)nnc2ncnn12. The molecule has 0 bridgehead atoms. The summed E-state index contributed by atoms with van der Waals surface area (Å²) in [4.78, 5) is 17.4. The van der Waals surface area contributed by atoms with Crippen molar-refractivity contribution in [2.75, 3.05) is 5.32 Å². The third-order valence-electron chi connectivity index (χ3n) is 3.84. The summed E-state index contributed by atoms with van der Waals surface area (Å²) in [7, 11) is 0. The van der Waals surface area contributed by atoms with Gasteiger partial charge in [-0.05, 0) is 25.1 Å². The fourth-order valence-electron chi connectivity index (χ4n) is 2.62. The van der Waals surface area contributed by atoms with E-state index in [0.29, 0.717) is 23.1 Å². The summed E-state index contributed by atoms with van der Waals surface area (Å²) in [6, 6.07) is 9.74. The van der Waals surface area contributed by atoms with Gasteiger partial charge < -0.3 is 0 Å². The third-order valence-corrected chi connectivity index (χ3v) is 4.79. The van der Waals surface area contributed by atoms with Crippen LogP contribution >= 0.6 is 11.3 Å². The smallest absolute Gasteiger partial charge is 0.271 e. The lowest BCUT2D eigenvalue weighted by atomic mass is 10.2. The number of benzene rings is 1. The molecule has 0 atom stereocenters. The summed E-state index contributed by atoms with van der Waals surface area (Å²) < 4.78 is 2.73. The van der Waals surface area contributed by atoms with Crippen molar-refractivity contribution in [3.05, 3.63) is 48.5 Å². The summed E-state index contributed by atoms with van der Waals surface area (Å²) >= 11 is 1.55. The second-order valence-corrected chi connectivity index (χ2v) is 6.51. The molecule has 0 aliphatic rings. The normalized spacial score (nSPS) is 11.3. The maximum atomic E-state index is 4.54. The van der Waals surface area contributed by atoms with E-state index in [4.69, 9.17) is 0 Å². The molecule has 4 aromatic heterocycles. The van der Waals surface area contributed by atoms with Gasteiger partial charge >= 0.3 is 0 Å². The maximum Gasteiger partial charge on any atom is 0.271 e. The van der Waals surface area contributed by atoms with Crippen LogP contribution in [0.4, 0.5) is 11.1 Å². The molecule has 1 aromatic carbocycles. The Bertz CT molecular complexity index is 1210. The first-order valence-corrected chi connectivity index (χ1v) is 8.58. The van der Waals surface area contributed by atoms with E-state index < -0.39 is 0 Å². The minimum atomic E-state index is 0.446. The molecule has 5 rings (SSSR count). The van der Waals surface area contributed by atoms with Gasteiger partial charge in [-0.2, -0.15) is 14.6 Å². The molecule has 0 aliphatic heterocycles. The zero-order valence-electron chi connectivity index (χ0n) is 13.5. The van der Waals surface area contributed by atoms with Gasteiger partial charge in [0, 0.05) is 6.20 Å². The van der Waals surface area contributed by atoms with Crippen LogP contribution in [0.2, 0.25) is 0 Å². The molecule has 126 valence electrons. The lowest BCUT2D eigenvalue weighted by Crippen LogP contribution is -2.05. The van der Waals surface area contributed by atoms with Crippen LogP contribution in [-0.2, 0) is 0 Å². The number of fused-ring (bicyclic) bond motifs is 2. The minimum absolute atomic E-state index is 0.446. The summed E-state index contributed by atoms with van der Waals surface area (Å²) in [6.45, 7) is 1.90. The predicted molar refractivity (Wildman–Crippen MR) is 97.2 cm³/mol. The molecule has 4 heterocycles. The van der Waals surface area contributed by atoms with E-state index in [2.05, 4.69) is 40.5 Å². The Balaban J connectivity index is 1.52. The maximum absolute atomic E-state index is 4.54. The Morgan fingerprint density at radius 1 is 1.04 bits per heavy atom. The molecule has 0 radical (unpaired) electrons. The molecule has 10 heteroatoms. The van der Waals surface area contributed by atoms with Crippen LogP contribution < -0.4 is 5.32 Å². The van der Waals surface area contributed by atoms with E-state index in [0.717, 1.165) is 21.0 Å². The van der Waals surface area contributed by atoms with Crippen molar-refractivity contribution in [2.24, 2.45) is 0 Å². The number of nitrogens with zero attached hydrogens (tertiary/aromatic N) is 8. The van der Waals surface area contributed by atoms with Crippen LogP contribution in [0.3, 0.4) is 0 Å². The fraction of sp³-hybridized carbons (Fsp3) is 0.0625. The average Bonchev–Trinajstić information content (AvgIpc) is 3.28. The number of hydrogen-bond donors (Lipinski definition) is 1.